The van der Waals surface area contributed by atoms with E-state index in [1.54, 1.807) is 11.3 Å². The molecule has 5 heteroatoms. The maximum atomic E-state index is 5.96. The topological polar surface area (TPSA) is 45.7 Å². The zero-order chi connectivity index (χ0) is 14.9. The minimum Gasteiger partial charge on any atom is -0.377 e. The molecule has 116 valence electrons. The number of rotatable bonds is 3. The Kier molecular flexibility index (Phi) is 4.22. The van der Waals surface area contributed by atoms with Crippen LogP contribution in [-0.2, 0) is 11.3 Å². The van der Waals surface area contributed by atoms with Gasteiger partial charge in [-0.3, -0.25) is 4.99 Å². The van der Waals surface area contributed by atoms with Crippen LogP contribution in [-0.4, -0.2) is 31.8 Å². The number of hydrogen-bond acceptors (Lipinski definition) is 3. The maximum absolute atomic E-state index is 5.96. The van der Waals surface area contributed by atoms with E-state index in [0.29, 0.717) is 18.1 Å². The smallest absolute Gasteiger partial charge is 0.191 e. The van der Waals surface area contributed by atoms with Gasteiger partial charge in [0, 0.05) is 37.6 Å². The number of nitrogens with one attached hydrogen (secondary N) is 2. The summed E-state index contributed by atoms with van der Waals surface area (Å²) < 4.78 is 5.96. The zero-order valence-electron chi connectivity index (χ0n) is 13.1. The van der Waals surface area contributed by atoms with Crippen molar-refractivity contribution in [3.05, 3.63) is 22.4 Å². The van der Waals surface area contributed by atoms with Crippen molar-refractivity contribution in [2.45, 2.75) is 45.4 Å². The summed E-state index contributed by atoms with van der Waals surface area (Å²) in [5, 5.41) is 11.3. The molecule has 4 nitrogen and oxygen atoms in total. The van der Waals surface area contributed by atoms with E-state index in [9.17, 15) is 0 Å². The predicted molar refractivity (Wildman–Crippen MR) is 87.7 cm³/mol. The second-order valence-corrected chi connectivity index (χ2v) is 7.38. The van der Waals surface area contributed by atoms with Gasteiger partial charge in [-0.05, 0) is 35.2 Å². The third-order valence-electron chi connectivity index (χ3n) is 4.89. The van der Waals surface area contributed by atoms with Crippen LogP contribution in [0.3, 0.4) is 0 Å². The van der Waals surface area contributed by atoms with Crippen molar-refractivity contribution in [3.63, 3.8) is 0 Å². The Morgan fingerprint density at radius 1 is 1.52 bits per heavy atom. The van der Waals surface area contributed by atoms with E-state index in [1.807, 2.05) is 7.05 Å². The fourth-order valence-electron chi connectivity index (χ4n) is 3.74. The molecule has 21 heavy (non-hydrogen) atoms. The number of guanidine groups is 1. The molecule has 1 saturated carbocycles. The molecule has 1 aromatic rings. The van der Waals surface area contributed by atoms with Gasteiger partial charge >= 0.3 is 0 Å². The van der Waals surface area contributed by atoms with Crippen LogP contribution in [0.5, 0.6) is 0 Å². The van der Waals surface area contributed by atoms with Crippen LogP contribution in [0.2, 0.25) is 0 Å². The molecule has 1 saturated heterocycles. The average Bonchev–Trinajstić information content (AvgIpc) is 3.00. The van der Waals surface area contributed by atoms with Crippen molar-refractivity contribution in [1.29, 1.82) is 0 Å². The molecule has 3 atom stereocenters. The first kappa shape index (κ1) is 14.9. The quantitative estimate of drug-likeness (QED) is 0.666. The lowest BCUT2D eigenvalue weighted by Gasteiger charge is -2.60. The summed E-state index contributed by atoms with van der Waals surface area (Å²) >= 11 is 1.73. The average molecular weight is 307 g/mol. The summed E-state index contributed by atoms with van der Waals surface area (Å²) in [5.41, 5.74) is 1.47. The molecular weight excluding hydrogens is 282 g/mol. The van der Waals surface area contributed by atoms with E-state index in [2.05, 4.69) is 46.3 Å². The Hall–Kier alpha value is -1.07. The summed E-state index contributed by atoms with van der Waals surface area (Å²) in [5.74, 6) is 1.51. The highest BCUT2D eigenvalue weighted by atomic mass is 32.1. The Balaban J connectivity index is 1.59. The first-order valence-electron chi connectivity index (χ1n) is 7.73. The van der Waals surface area contributed by atoms with Crippen molar-refractivity contribution in [2.75, 3.05) is 13.7 Å². The number of hydrogen-bond donors (Lipinski definition) is 2. The minimum absolute atomic E-state index is 0.172. The summed E-state index contributed by atoms with van der Waals surface area (Å²) in [6.07, 6.45) is 2.84. The minimum atomic E-state index is 0.172. The zero-order valence-corrected chi connectivity index (χ0v) is 13.9. The van der Waals surface area contributed by atoms with Crippen molar-refractivity contribution in [2.24, 2.45) is 16.3 Å². The first-order valence-corrected chi connectivity index (χ1v) is 8.67. The number of ether oxygens (including phenoxy) is 1. The molecule has 2 heterocycles. The van der Waals surface area contributed by atoms with Crippen LogP contribution >= 0.6 is 11.3 Å². The third-order valence-corrected chi connectivity index (χ3v) is 5.62. The van der Waals surface area contributed by atoms with Gasteiger partial charge in [0.2, 0.25) is 0 Å². The van der Waals surface area contributed by atoms with E-state index < -0.39 is 0 Å². The second-order valence-electron chi connectivity index (χ2n) is 6.60. The van der Waals surface area contributed by atoms with E-state index in [4.69, 9.17) is 4.74 Å². The number of aliphatic imine (C=N–C) groups is 1. The Labute approximate surface area is 131 Å². The maximum Gasteiger partial charge on any atom is 0.191 e. The molecule has 0 aromatic carbocycles. The Bertz CT molecular complexity index is 498. The lowest BCUT2D eigenvalue weighted by atomic mass is 9.55. The van der Waals surface area contributed by atoms with Crippen LogP contribution in [0.4, 0.5) is 0 Å². The molecule has 2 N–H and O–H groups in total. The van der Waals surface area contributed by atoms with Crippen LogP contribution in [0.1, 0.15) is 32.3 Å². The molecule has 0 bridgehead atoms. The van der Waals surface area contributed by atoms with Crippen LogP contribution in [0.15, 0.2) is 21.8 Å². The number of nitrogens with zero attached hydrogens (tertiary/aromatic N) is 1. The van der Waals surface area contributed by atoms with Crippen LogP contribution in [0.25, 0.3) is 0 Å². The molecule has 1 aliphatic carbocycles. The lowest BCUT2D eigenvalue weighted by Crippen LogP contribution is -2.70. The summed E-state index contributed by atoms with van der Waals surface area (Å²) in [6.45, 7) is 6.33. The third kappa shape index (κ3) is 2.81. The molecule has 2 aliphatic rings. The van der Waals surface area contributed by atoms with Crippen molar-refractivity contribution in [3.8, 4) is 0 Å². The van der Waals surface area contributed by atoms with E-state index in [1.165, 1.54) is 18.4 Å². The molecule has 2 fully saturated rings. The molecule has 0 amide bonds. The number of fused-ring (bicyclic) bond motifs is 1. The number of thiophene rings is 1. The van der Waals surface area contributed by atoms with Crippen molar-refractivity contribution < 1.29 is 4.74 Å². The highest BCUT2D eigenvalue weighted by Gasteiger charge is 2.58. The van der Waals surface area contributed by atoms with Gasteiger partial charge in [-0.15, -0.1) is 0 Å². The molecule has 0 spiro atoms. The van der Waals surface area contributed by atoms with E-state index >= 15 is 0 Å². The SMILES string of the molecule is CN=C(NCc1ccsc1)NC1C2CCCOC2C1(C)C. The van der Waals surface area contributed by atoms with Gasteiger partial charge in [0.1, 0.15) is 0 Å². The first-order chi connectivity index (χ1) is 10.1. The highest BCUT2D eigenvalue weighted by molar-refractivity contribution is 7.07. The fraction of sp³-hybridized carbons (Fsp3) is 0.688. The van der Waals surface area contributed by atoms with Gasteiger partial charge in [0.15, 0.2) is 5.96 Å². The Morgan fingerprint density at radius 3 is 3.10 bits per heavy atom. The summed E-state index contributed by atoms with van der Waals surface area (Å²) in [7, 11) is 1.84. The van der Waals surface area contributed by atoms with Crippen LogP contribution in [0, 0.1) is 11.3 Å². The molecule has 1 aromatic heterocycles. The fourth-order valence-corrected chi connectivity index (χ4v) is 4.41. The standard InChI is InChI=1S/C16H25N3OS/c1-16(2)13(12-5-4-7-20-14(12)16)19-15(17-3)18-9-11-6-8-21-10-11/h6,8,10,12-14H,4-5,7,9H2,1-3H3,(H2,17,18,19). The normalized spacial score (nSPS) is 31.2. The summed E-state index contributed by atoms with van der Waals surface area (Å²) in [4.78, 5) is 4.37. The lowest BCUT2D eigenvalue weighted by molar-refractivity contribution is -0.188. The van der Waals surface area contributed by atoms with Gasteiger partial charge in [0.05, 0.1) is 6.10 Å². The predicted octanol–water partition coefficient (Wildman–Crippen LogP) is 2.62. The molecular formula is C16H25N3OS. The highest BCUT2D eigenvalue weighted by Crippen LogP contribution is 2.51. The summed E-state index contributed by atoms with van der Waals surface area (Å²) in [6, 6.07) is 2.58. The van der Waals surface area contributed by atoms with Crippen LogP contribution < -0.4 is 10.6 Å². The molecule has 0 radical (unpaired) electrons. The molecule has 1 aliphatic heterocycles. The van der Waals surface area contributed by atoms with Gasteiger partial charge in [0.25, 0.3) is 0 Å². The van der Waals surface area contributed by atoms with E-state index in [-0.39, 0.29) is 5.41 Å². The van der Waals surface area contributed by atoms with Crippen molar-refractivity contribution >= 4 is 17.3 Å². The van der Waals surface area contributed by atoms with Gasteiger partial charge < -0.3 is 15.4 Å². The van der Waals surface area contributed by atoms with Gasteiger partial charge in [-0.25, -0.2) is 0 Å². The monoisotopic (exact) mass is 307 g/mol. The Morgan fingerprint density at radius 2 is 2.38 bits per heavy atom. The van der Waals surface area contributed by atoms with Gasteiger partial charge in [-0.1, -0.05) is 13.8 Å². The molecule has 3 unspecified atom stereocenters. The molecule has 3 rings (SSSR count). The van der Waals surface area contributed by atoms with E-state index in [0.717, 1.165) is 19.1 Å². The largest absolute Gasteiger partial charge is 0.377 e. The van der Waals surface area contributed by atoms with Crippen molar-refractivity contribution in [1.82, 2.24) is 10.6 Å². The second kappa shape index (κ2) is 5.97. The van der Waals surface area contributed by atoms with Gasteiger partial charge in [-0.2, -0.15) is 11.3 Å².